The molecular formula is C18H23F2N5S. The molecule has 0 amide bonds. The molecule has 1 aliphatic carbocycles. The van der Waals surface area contributed by atoms with Gasteiger partial charge in [-0.25, -0.2) is 23.7 Å². The maximum atomic E-state index is 13.4. The van der Waals surface area contributed by atoms with Gasteiger partial charge >= 0.3 is 0 Å². The Bertz CT molecular complexity index is 763. The number of aryl methyl sites for hydroxylation is 1. The van der Waals surface area contributed by atoms with Crippen molar-refractivity contribution < 1.29 is 8.78 Å². The summed E-state index contributed by atoms with van der Waals surface area (Å²) in [6, 6.07) is 1.98. The van der Waals surface area contributed by atoms with Crippen molar-refractivity contribution in [3.05, 3.63) is 17.1 Å². The largest absolute Gasteiger partial charge is 0.367 e. The highest BCUT2D eigenvalue weighted by Gasteiger charge is 2.35. The van der Waals surface area contributed by atoms with Gasteiger partial charge in [-0.15, -0.1) is 11.3 Å². The molecule has 1 N–H and O–H groups in total. The lowest BCUT2D eigenvalue weighted by Gasteiger charge is -2.29. The normalized spacial score (nSPS) is 20.5. The van der Waals surface area contributed by atoms with Gasteiger partial charge in [-0.05, 0) is 32.6 Å². The van der Waals surface area contributed by atoms with Crippen molar-refractivity contribution in [2.45, 2.75) is 57.4 Å². The van der Waals surface area contributed by atoms with Gasteiger partial charge < -0.3 is 10.2 Å². The van der Waals surface area contributed by atoms with Crippen LogP contribution >= 0.6 is 11.3 Å². The Hall–Kier alpha value is -1.83. The van der Waals surface area contributed by atoms with Crippen LogP contribution in [0.4, 0.5) is 20.4 Å². The highest BCUT2D eigenvalue weighted by atomic mass is 32.1. The Kier molecular flexibility index (Phi) is 4.77. The molecular weight excluding hydrogens is 356 g/mol. The van der Waals surface area contributed by atoms with Crippen molar-refractivity contribution in [2.75, 3.05) is 23.3 Å². The summed E-state index contributed by atoms with van der Waals surface area (Å²) >= 11 is 1.53. The van der Waals surface area contributed by atoms with Gasteiger partial charge in [-0.1, -0.05) is 0 Å². The van der Waals surface area contributed by atoms with Crippen LogP contribution < -0.4 is 10.2 Å². The lowest BCUT2D eigenvalue weighted by Crippen LogP contribution is -2.32. The third-order valence-electron chi connectivity index (χ3n) is 5.02. The lowest BCUT2D eigenvalue weighted by molar-refractivity contribution is -0.0361. The first kappa shape index (κ1) is 17.6. The van der Waals surface area contributed by atoms with Crippen molar-refractivity contribution in [3.63, 3.8) is 0 Å². The average Bonchev–Trinajstić information content (AvgIpc) is 3.28. The summed E-state index contributed by atoms with van der Waals surface area (Å²) in [7, 11) is 0. The number of hydrogen-bond donors (Lipinski definition) is 1. The van der Waals surface area contributed by atoms with Crippen LogP contribution in [-0.2, 0) is 0 Å². The van der Waals surface area contributed by atoms with Crippen LogP contribution in [0, 0.1) is 6.92 Å². The molecule has 1 saturated carbocycles. The van der Waals surface area contributed by atoms with Gasteiger partial charge in [0.25, 0.3) is 0 Å². The summed E-state index contributed by atoms with van der Waals surface area (Å²) in [4.78, 5) is 16.1. The minimum Gasteiger partial charge on any atom is -0.367 e. The molecule has 2 aromatic rings. The second-order valence-corrected chi connectivity index (χ2v) is 8.06. The molecule has 3 heterocycles. The van der Waals surface area contributed by atoms with Crippen molar-refractivity contribution >= 4 is 23.0 Å². The number of rotatable bonds is 4. The first-order valence-electron chi connectivity index (χ1n) is 9.19. The molecule has 2 fully saturated rings. The molecule has 2 aromatic heterocycles. The van der Waals surface area contributed by atoms with Crippen LogP contribution in [0.25, 0.3) is 10.8 Å². The lowest BCUT2D eigenvalue weighted by atomic mass is 9.92. The molecule has 2 aliphatic rings. The van der Waals surface area contributed by atoms with Crippen LogP contribution in [0.2, 0.25) is 0 Å². The van der Waals surface area contributed by atoms with E-state index >= 15 is 0 Å². The predicted molar refractivity (Wildman–Crippen MR) is 100 cm³/mol. The Morgan fingerprint density at radius 3 is 2.54 bits per heavy atom. The summed E-state index contributed by atoms with van der Waals surface area (Å²) < 4.78 is 26.8. The number of alkyl halides is 2. The first-order chi connectivity index (χ1) is 12.5. The molecule has 0 atom stereocenters. The van der Waals surface area contributed by atoms with E-state index < -0.39 is 5.92 Å². The zero-order valence-corrected chi connectivity index (χ0v) is 15.7. The van der Waals surface area contributed by atoms with Gasteiger partial charge in [-0.2, -0.15) is 0 Å². The summed E-state index contributed by atoms with van der Waals surface area (Å²) in [5.41, 5.74) is 0.948. The smallest absolute Gasteiger partial charge is 0.248 e. The van der Waals surface area contributed by atoms with Crippen LogP contribution in [-0.4, -0.2) is 40.0 Å². The number of nitrogens with one attached hydrogen (secondary N) is 1. The molecule has 0 aromatic carbocycles. The fourth-order valence-electron chi connectivity index (χ4n) is 3.56. The number of halogens is 2. The summed E-state index contributed by atoms with van der Waals surface area (Å²) in [6.45, 7) is 3.93. The van der Waals surface area contributed by atoms with E-state index in [4.69, 9.17) is 4.98 Å². The van der Waals surface area contributed by atoms with E-state index in [0.717, 1.165) is 42.5 Å². The standard InChI is InChI=1S/C18H23F2N5S/c1-12-11-26-17(21-12)16-23-14(10-15(24-16)25-8-2-3-9-25)22-13-4-6-18(19,20)7-5-13/h10-11,13H,2-9H2,1H3,(H,22,23,24). The Morgan fingerprint density at radius 2 is 1.88 bits per heavy atom. The molecule has 26 heavy (non-hydrogen) atoms. The van der Waals surface area contributed by atoms with Gasteiger partial charge in [0.05, 0.1) is 0 Å². The molecule has 1 saturated heterocycles. The maximum absolute atomic E-state index is 13.4. The van der Waals surface area contributed by atoms with Crippen LogP contribution in [0.15, 0.2) is 11.4 Å². The van der Waals surface area contributed by atoms with Crippen LogP contribution in [0.5, 0.6) is 0 Å². The minimum absolute atomic E-state index is 0.0295. The third-order valence-corrected chi connectivity index (χ3v) is 5.98. The number of hydrogen-bond acceptors (Lipinski definition) is 6. The fraction of sp³-hybridized carbons (Fsp3) is 0.611. The third kappa shape index (κ3) is 3.95. The van der Waals surface area contributed by atoms with Crippen molar-refractivity contribution in [3.8, 4) is 10.8 Å². The highest BCUT2D eigenvalue weighted by molar-refractivity contribution is 7.13. The summed E-state index contributed by atoms with van der Waals surface area (Å²) in [5, 5.41) is 6.14. The van der Waals surface area contributed by atoms with Crippen molar-refractivity contribution in [1.82, 2.24) is 15.0 Å². The zero-order valence-electron chi connectivity index (χ0n) is 14.8. The zero-order chi connectivity index (χ0) is 18.1. The predicted octanol–water partition coefficient (Wildman–Crippen LogP) is 4.50. The van der Waals surface area contributed by atoms with E-state index in [0.29, 0.717) is 24.5 Å². The molecule has 0 unspecified atom stereocenters. The summed E-state index contributed by atoms with van der Waals surface area (Å²) in [6.07, 6.45) is 3.12. The molecule has 8 heteroatoms. The number of anilines is 2. The van der Waals surface area contributed by atoms with E-state index in [9.17, 15) is 8.78 Å². The second kappa shape index (κ2) is 7.06. The van der Waals surface area contributed by atoms with E-state index in [1.54, 1.807) is 0 Å². The van der Waals surface area contributed by atoms with E-state index in [-0.39, 0.29) is 18.9 Å². The van der Waals surface area contributed by atoms with E-state index in [1.165, 1.54) is 11.3 Å². The van der Waals surface area contributed by atoms with Gasteiger partial charge in [0.15, 0.2) is 10.8 Å². The van der Waals surface area contributed by atoms with Crippen molar-refractivity contribution in [1.29, 1.82) is 0 Å². The number of nitrogens with zero attached hydrogens (tertiary/aromatic N) is 4. The first-order valence-corrected chi connectivity index (χ1v) is 10.1. The Balaban J connectivity index is 1.59. The summed E-state index contributed by atoms with van der Waals surface area (Å²) in [5.74, 6) is -0.311. The average molecular weight is 379 g/mol. The molecule has 0 bridgehead atoms. The monoisotopic (exact) mass is 379 g/mol. The fourth-order valence-corrected chi connectivity index (χ4v) is 4.29. The molecule has 1 aliphatic heterocycles. The SMILES string of the molecule is Cc1csc(-c2nc(NC3CCC(F)(F)CC3)cc(N3CCCC3)n2)n1. The number of thiazole rings is 1. The molecule has 140 valence electrons. The van der Waals surface area contributed by atoms with Gasteiger partial charge in [-0.3, -0.25) is 0 Å². The van der Waals surface area contributed by atoms with Gasteiger partial charge in [0.1, 0.15) is 11.6 Å². The molecule has 0 spiro atoms. The van der Waals surface area contributed by atoms with Crippen LogP contribution in [0.1, 0.15) is 44.2 Å². The second-order valence-electron chi connectivity index (χ2n) is 7.20. The number of aromatic nitrogens is 3. The topological polar surface area (TPSA) is 53.9 Å². The molecule has 5 nitrogen and oxygen atoms in total. The molecule has 0 radical (unpaired) electrons. The quantitative estimate of drug-likeness (QED) is 0.848. The van der Waals surface area contributed by atoms with Gasteiger partial charge in [0.2, 0.25) is 5.92 Å². The minimum atomic E-state index is -2.52. The van der Waals surface area contributed by atoms with E-state index in [1.807, 2.05) is 18.4 Å². The van der Waals surface area contributed by atoms with Crippen molar-refractivity contribution in [2.24, 2.45) is 0 Å². The highest BCUT2D eigenvalue weighted by Crippen LogP contribution is 2.35. The van der Waals surface area contributed by atoms with Gasteiger partial charge in [0, 0.05) is 49.1 Å². The van der Waals surface area contributed by atoms with Crippen LogP contribution in [0.3, 0.4) is 0 Å². The van der Waals surface area contributed by atoms with E-state index in [2.05, 4.69) is 20.2 Å². The maximum Gasteiger partial charge on any atom is 0.248 e. The Labute approximate surface area is 155 Å². The Morgan fingerprint density at radius 1 is 1.15 bits per heavy atom. The molecule has 4 rings (SSSR count).